The van der Waals surface area contributed by atoms with Gasteiger partial charge in [0.25, 0.3) is 0 Å². The number of halogens is 1. The molecule has 4 aromatic heterocycles. The molecule has 3 aromatic carbocycles. The van der Waals surface area contributed by atoms with E-state index in [1.165, 1.54) is 17.7 Å². The number of phenolic OH excluding ortho intramolecular Hbond substituents is 1. The number of para-hydroxylation sites is 1. The molecule has 0 bridgehead atoms. The van der Waals surface area contributed by atoms with Gasteiger partial charge in [0.05, 0.1) is 28.4 Å². The summed E-state index contributed by atoms with van der Waals surface area (Å²) in [6, 6.07) is 23.9. The molecule has 0 aliphatic heterocycles. The summed E-state index contributed by atoms with van der Waals surface area (Å²) >= 11 is 0. The zero-order chi connectivity index (χ0) is 27.8. The Morgan fingerprint density at radius 2 is 1.68 bits per heavy atom. The van der Waals surface area contributed by atoms with Gasteiger partial charge in [0, 0.05) is 48.1 Å². The van der Waals surface area contributed by atoms with Crippen LogP contribution in [-0.4, -0.2) is 35.2 Å². The number of fused-ring (bicyclic) bond motifs is 2. The molecule has 0 amide bonds. The van der Waals surface area contributed by atoms with E-state index in [0.717, 1.165) is 45.9 Å². The van der Waals surface area contributed by atoms with Crippen molar-refractivity contribution in [1.82, 2.24) is 35.5 Å². The summed E-state index contributed by atoms with van der Waals surface area (Å²) < 4.78 is 14.0. The molecule has 0 atom stereocenters. The van der Waals surface area contributed by atoms with Crippen molar-refractivity contribution in [2.24, 2.45) is 0 Å². The standard InChI is InChI=1S/C32H24FN7O/c33-23-10-21(11-24(41)12-23)25-7-4-8-27-30(25)38-32(37-27)31-26-13-28(36-18-29(26)39-40-31)22-9-20(16-35-17-22)15-34-14-19-5-2-1-3-6-19/h1-13,16-18,34,41H,14-15H2,(H,37,38)(H,39,40). The van der Waals surface area contributed by atoms with E-state index in [0.29, 0.717) is 34.7 Å². The zero-order valence-electron chi connectivity index (χ0n) is 21.8. The summed E-state index contributed by atoms with van der Waals surface area (Å²) in [5.74, 6) is -0.0956. The first-order valence-corrected chi connectivity index (χ1v) is 13.1. The highest BCUT2D eigenvalue weighted by Gasteiger charge is 2.17. The largest absolute Gasteiger partial charge is 0.508 e. The molecule has 7 rings (SSSR count). The molecule has 0 aliphatic rings. The number of nitrogens with one attached hydrogen (secondary N) is 3. The smallest absolute Gasteiger partial charge is 0.159 e. The van der Waals surface area contributed by atoms with Gasteiger partial charge in [-0.15, -0.1) is 0 Å². The van der Waals surface area contributed by atoms with Crippen LogP contribution in [-0.2, 0) is 13.1 Å². The van der Waals surface area contributed by atoms with E-state index in [1.54, 1.807) is 12.4 Å². The summed E-state index contributed by atoms with van der Waals surface area (Å²) in [7, 11) is 0. The van der Waals surface area contributed by atoms with E-state index in [1.807, 2.05) is 48.7 Å². The number of pyridine rings is 2. The third-order valence-electron chi connectivity index (χ3n) is 6.97. The van der Waals surface area contributed by atoms with Gasteiger partial charge in [-0.25, -0.2) is 9.37 Å². The highest BCUT2D eigenvalue weighted by molar-refractivity contribution is 5.97. The Hall–Kier alpha value is -5.41. The predicted octanol–water partition coefficient (Wildman–Crippen LogP) is 6.36. The molecule has 41 heavy (non-hydrogen) atoms. The quantitative estimate of drug-likeness (QED) is 0.187. The molecule has 200 valence electrons. The number of imidazole rings is 1. The monoisotopic (exact) mass is 541 g/mol. The van der Waals surface area contributed by atoms with Gasteiger partial charge in [-0.3, -0.25) is 15.1 Å². The Morgan fingerprint density at radius 3 is 2.56 bits per heavy atom. The number of aromatic nitrogens is 6. The number of rotatable bonds is 7. The van der Waals surface area contributed by atoms with Gasteiger partial charge < -0.3 is 15.4 Å². The van der Waals surface area contributed by atoms with Crippen LogP contribution in [0.4, 0.5) is 4.39 Å². The van der Waals surface area contributed by atoms with Crippen LogP contribution in [0, 0.1) is 5.82 Å². The van der Waals surface area contributed by atoms with Gasteiger partial charge in [-0.2, -0.15) is 5.10 Å². The number of aromatic hydroxyl groups is 1. The number of benzene rings is 3. The fourth-order valence-corrected chi connectivity index (χ4v) is 5.03. The lowest BCUT2D eigenvalue weighted by atomic mass is 10.0. The van der Waals surface area contributed by atoms with Crippen molar-refractivity contribution in [3.63, 3.8) is 0 Å². The molecule has 0 radical (unpaired) electrons. The maximum atomic E-state index is 14.0. The highest BCUT2D eigenvalue weighted by atomic mass is 19.1. The van der Waals surface area contributed by atoms with Gasteiger partial charge in [-0.05, 0) is 47.0 Å². The van der Waals surface area contributed by atoms with Crippen molar-refractivity contribution < 1.29 is 9.50 Å². The Bertz CT molecular complexity index is 2000. The molecule has 9 heteroatoms. The van der Waals surface area contributed by atoms with Crippen LogP contribution in [0.2, 0.25) is 0 Å². The van der Waals surface area contributed by atoms with E-state index >= 15 is 0 Å². The van der Waals surface area contributed by atoms with E-state index in [4.69, 9.17) is 4.98 Å². The third-order valence-corrected chi connectivity index (χ3v) is 6.97. The molecule has 4 heterocycles. The molecule has 0 unspecified atom stereocenters. The van der Waals surface area contributed by atoms with Crippen LogP contribution in [0.1, 0.15) is 11.1 Å². The Balaban J connectivity index is 1.21. The van der Waals surface area contributed by atoms with Gasteiger partial charge in [0.2, 0.25) is 0 Å². The fourth-order valence-electron chi connectivity index (χ4n) is 5.03. The Kier molecular flexibility index (Phi) is 6.18. The van der Waals surface area contributed by atoms with Crippen molar-refractivity contribution in [2.75, 3.05) is 0 Å². The molecular formula is C32H24FN7O. The average Bonchev–Trinajstić information content (AvgIpc) is 3.61. The van der Waals surface area contributed by atoms with Crippen LogP contribution < -0.4 is 5.32 Å². The van der Waals surface area contributed by atoms with Crippen LogP contribution in [0.5, 0.6) is 5.75 Å². The van der Waals surface area contributed by atoms with Crippen molar-refractivity contribution in [1.29, 1.82) is 0 Å². The van der Waals surface area contributed by atoms with Crippen LogP contribution in [0.3, 0.4) is 0 Å². The fraction of sp³-hybridized carbons (Fsp3) is 0.0625. The van der Waals surface area contributed by atoms with E-state index in [2.05, 4.69) is 48.7 Å². The topological polar surface area (TPSA) is 115 Å². The number of aromatic amines is 2. The Labute approximate surface area is 234 Å². The lowest BCUT2D eigenvalue weighted by molar-refractivity contribution is 0.469. The second-order valence-corrected chi connectivity index (χ2v) is 9.84. The van der Waals surface area contributed by atoms with Crippen molar-refractivity contribution in [2.45, 2.75) is 13.1 Å². The second-order valence-electron chi connectivity index (χ2n) is 9.84. The second kappa shape index (κ2) is 10.3. The highest BCUT2D eigenvalue weighted by Crippen LogP contribution is 2.34. The maximum absolute atomic E-state index is 14.0. The predicted molar refractivity (Wildman–Crippen MR) is 156 cm³/mol. The van der Waals surface area contributed by atoms with Gasteiger partial charge in [0.15, 0.2) is 5.82 Å². The van der Waals surface area contributed by atoms with Crippen LogP contribution >= 0.6 is 0 Å². The van der Waals surface area contributed by atoms with E-state index < -0.39 is 5.82 Å². The van der Waals surface area contributed by atoms with Gasteiger partial charge in [0.1, 0.15) is 17.3 Å². The summed E-state index contributed by atoms with van der Waals surface area (Å²) in [5, 5.41) is 21.8. The molecule has 0 saturated heterocycles. The normalized spacial score (nSPS) is 11.4. The zero-order valence-corrected chi connectivity index (χ0v) is 21.8. The van der Waals surface area contributed by atoms with Crippen molar-refractivity contribution >= 4 is 21.9 Å². The minimum absolute atomic E-state index is 0.142. The van der Waals surface area contributed by atoms with E-state index in [-0.39, 0.29) is 5.75 Å². The number of nitrogens with zero attached hydrogens (tertiary/aromatic N) is 4. The molecule has 7 aromatic rings. The number of hydrogen-bond donors (Lipinski definition) is 4. The van der Waals surface area contributed by atoms with Crippen molar-refractivity contribution in [3.8, 4) is 39.7 Å². The lowest BCUT2D eigenvalue weighted by Gasteiger charge is -2.07. The minimum atomic E-state index is -0.517. The third kappa shape index (κ3) is 4.90. The lowest BCUT2D eigenvalue weighted by Crippen LogP contribution is -2.12. The van der Waals surface area contributed by atoms with Crippen molar-refractivity contribution in [3.05, 3.63) is 114 Å². The van der Waals surface area contributed by atoms with Crippen LogP contribution in [0.15, 0.2) is 97.5 Å². The number of hydrogen-bond acceptors (Lipinski definition) is 6. The molecule has 0 fully saturated rings. The molecular weight excluding hydrogens is 517 g/mol. The summed E-state index contributed by atoms with van der Waals surface area (Å²) in [5.41, 5.74) is 8.02. The SMILES string of the molecule is Oc1cc(F)cc(-c2cccc3[nH]c(-c4n[nH]c5cnc(-c6cncc(CNCc7ccccc7)c6)cc45)nc23)c1. The number of H-pyrrole nitrogens is 2. The Morgan fingerprint density at radius 1 is 0.805 bits per heavy atom. The average molecular weight is 542 g/mol. The summed E-state index contributed by atoms with van der Waals surface area (Å²) in [6.45, 7) is 1.45. The van der Waals surface area contributed by atoms with E-state index in [9.17, 15) is 9.50 Å². The van der Waals surface area contributed by atoms with Gasteiger partial charge >= 0.3 is 0 Å². The molecule has 4 N–H and O–H groups in total. The van der Waals surface area contributed by atoms with Gasteiger partial charge in [-0.1, -0.05) is 42.5 Å². The summed E-state index contributed by atoms with van der Waals surface area (Å²) in [6.07, 6.45) is 5.41. The first-order chi connectivity index (χ1) is 20.1. The first kappa shape index (κ1) is 24.6. The maximum Gasteiger partial charge on any atom is 0.159 e. The number of phenols is 1. The minimum Gasteiger partial charge on any atom is -0.508 e. The molecule has 0 spiro atoms. The molecule has 0 saturated carbocycles. The first-order valence-electron chi connectivity index (χ1n) is 13.1. The molecule has 8 nitrogen and oxygen atoms in total. The summed E-state index contributed by atoms with van der Waals surface area (Å²) in [4.78, 5) is 17.3. The van der Waals surface area contributed by atoms with Crippen LogP contribution in [0.25, 0.3) is 55.8 Å². The molecule has 0 aliphatic carbocycles.